The summed E-state index contributed by atoms with van der Waals surface area (Å²) in [4.78, 5) is 11.8. The fraction of sp³-hybridized carbons (Fsp3) is 0.188. The van der Waals surface area contributed by atoms with Gasteiger partial charge in [-0.1, -0.05) is 29.8 Å². The number of benzene rings is 2. The third-order valence-corrected chi connectivity index (χ3v) is 3.17. The third kappa shape index (κ3) is 4.76. The molecule has 0 spiro atoms. The van der Waals surface area contributed by atoms with E-state index in [0.717, 1.165) is 5.56 Å². The van der Waals surface area contributed by atoms with Crippen LogP contribution in [0.5, 0.6) is 5.75 Å². The van der Waals surface area contributed by atoms with Gasteiger partial charge in [0.15, 0.2) is 6.61 Å². The molecule has 0 saturated carbocycles. The van der Waals surface area contributed by atoms with Gasteiger partial charge in [-0.2, -0.15) is 0 Å². The second kappa shape index (κ2) is 7.09. The van der Waals surface area contributed by atoms with E-state index in [1.54, 1.807) is 18.2 Å². The van der Waals surface area contributed by atoms with Crippen LogP contribution in [0.1, 0.15) is 18.5 Å². The Balaban J connectivity index is 1.85. The molecule has 5 heteroatoms. The van der Waals surface area contributed by atoms with Crippen molar-refractivity contribution in [3.63, 3.8) is 0 Å². The molecule has 1 N–H and O–H groups in total. The van der Waals surface area contributed by atoms with Crippen LogP contribution >= 0.6 is 11.6 Å². The molecule has 0 bridgehead atoms. The van der Waals surface area contributed by atoms with E-state index >= 15 is 0 Å². The number of carbonyl (C=O) groups is 1. The van der Waals surface area contributed by atoms with E-state index in [-0.39, 0.29) is 18.6 Å². The number of rotatable bonds is 5. The number of nitrogens with one attached hydrogen (secondary N) is 1. The Morgan fingerprint density at radius 2 is 2.00 bits per heavy atom. The third-order valence-electron chi connectivity index (χ3n) is 2.91. The van der Waals surface area contributed by atoms with Gasteiger partial charge in [0.1, 0.15) is 11.6 Å². The second-order valence-electron chi connectivity index (χ2n) is 4.59. The summed E-state index contributed by atoms with van der Waals surface area (Å²) in [6.45, 7) is 1.70. The normalized spacial score (nSPS) is 11.8. The van der Waals surface area contributed by atoms with Gasteiger partial charge < -0.3 is 10.1 Å². The molecule has 0 aliphatic carbocycles. The van der Waals surface area contributed by atoms with Crippen molar-refractivity contribution in [3.05, 3.63) is 64.9 Å². The molecule has 2 rings (SSSR count). The van der Waals surface area contributed by atoms with Crippen molar-refractivity contribution in [1.82, 2.24) is 5.32 Å². The summed E-state index contributed by atoms with van der Waals surface area (Å²) in [5, 5.41) is 3.44. The predicted molar refractivity (Wildman–Crippen MR) is 79.9 cm³/mol. The molecule has 0 aromatic heterocycles. The number of ether oxygens (including phenoxy) is 1. The molecule has 0 saturated heterocycles. The maximum Gasteiger partial charge on any atom is 0.258 e. The molecule has 0 aliphatic rings. The smallest absolute Gasteiger partial charge is 0.258 e. The van der Waals surface area contributed by atoms with Crippen molar-refractivity contribution in [1.29, 1.82) is 0 Å². The zero-order chi connectivity index (χ0) is 15.2. The highest BCUT2D eigenvalue weighted by Crippen LogP contribution is 2.16. The van der Waals surface area contributed by atoms with Crippen LogP contribution in [0, 0.1) is 5.82 Å². The molecule has 0 aliphatic heterocycles. The largest absolute Gasteiger partial charge is 0.484 e. The van der Waals surface area contributed by atoms with Crippen molar-refractivity contribution in [2.24, 2.45) is 0 Å². The molecule has 0 radical (unpaired) electrons. The lowest BCUT2D eigenvalue weighted by Gasteiger charge is -2.14. The van der Waals surface area contributed by atoms with E-state index in [0.29, 0.717) is 10.8 Å². The standard InChI is InChI=1S/C16H15ClFNO2/c1-11(12-5-7-13(17)8-6-12)19-16(20)10-21-15-4-2-3-14(18)9-15/h2-9,11H,10H2,1H3,(H,19,20). The summed E-state index contributed by atoms with van der Waals surface area (Å²) in [6.07, 6.45) is 0. The van der Waals surface area contributed by atoms with E-state index in [1.807, 2.05) is 19.1 Å². The van der Waals surface area contributed by atoms with Gasteiger partial charge in [0, 0.05) is 11.1 Å². The van der Waals surface area contributed by atoms with Gasteiger partial charge >= 0.3 is 0 Å². The minimum Gasteiger partial charge on any atom is -0.484 e. The molecule has 1 atom stereocenters. The Bertz CT molecular complexity index is 616. The van der Waals surface area contributed by atoms with E-state index < -0.39 is 5.82 Å². The highest BCUT2D eigenvalue weighted by molar-refractivity contribution is 6.30. The zero-order valence-corrected chi connectivity index (χ0v) is 12.2. The van der Waals surface area contributed by atoms with Crippen molar-refractivity contribution in [3.8, 4) is 5.75 Å². The van der Waals surface area contributed by atoms with Crippen LogP contribution in [-0.2, 0) is 4.79 Å². The molecule has 0 fully saturated rings. The van der Waals surface area contributed by atoms with Gasteiger partial charge in [-0.3, -0.25) is 4.79 Å². The SMILES string of the molecule is CC(NC(=O)COc1cccc(F)c1)c1ccc(Cl)cc1. The maximum atomic E-state index is 13.0. The summed E-state index contributed by atoms with van der Waals surface area (Å²) in [7, 11) is 0. The van der Waals surface area contributed by atoms with E-state index in [4.69, 9.17) is 16.3 Å². The van der Waals surface area contributed by atoms with Gasteiger partial charge in [0.05, 0.1) is 6.04 Å². The molecule has 2 aromatic rings. The van der Waals surface area contributed by atoms with Gasteiger partial charge in [-0.15, -0.1) is 0 Å². The summed E-state index contributed by atoms with van der Waals surface area (Å²) in [5.41, 5.74) is 0.943. The Kier molecular flexibility index (Phi) is 5.17. The zero-order valence-electron chi connectivity index (χ0n) is 11.5. The number of amides is 1. The monoisotopic (exact) mass is 307 g/mol. The first-order valence-corrected chi connectivity index (χ1v) is 6.85. The van der Waals surface area contributed by atoms with Crippen LogP contribution in [0.15, 0.2) is 48.5 Å². The van der Waals surface area contributed by atoms with Crippen LogP contribution in [0.25, 0.3) is 0 Å². The first-order valence-electron chi connectivity index (χ1n) is 6.48. The summed E-state index contributed by atoms with van der Waals surface area (Å²) >= 11 is 5.81. The molecule has 110 valence electrons. The van der Waals surface area contributed by atoms with Crippen molar-refractivity contribution in [2.75, 3.05) is 6.61 Å². The van der Waals surface area contributed by atoms with Crippen LogP contribution in [0.2, 0.25) is 5.02 Å². The molecule has 1 unspecified atom stereocenters. The molecular weight excluding hydrogens is 293 g/mol. The summed E-state index contributed by atoms with van der Waals surface area (Å²) in [6, 6.07) is 12.7. The summed E-state index contributed by atoms with van der Waals surface area (Å²) in [5.74, 6) is -0.353. The lowest BCUT2D eigenvalue weighted by Crippen LogP contribution is -2.31. The Morgan fingerprint density at radius 3 is 2.67 bits per heavy atom. The van der Waals surface area contributed by atoms with Gasteiger partial charge in [-0.05, 0) is 36.8 Å². The average Bonchev–Trinajstić information content (AvgIpc) is 2.46. The van der Waals surface area contributed by atoms with Gasteiger partial charge in [0.25, 0.3) is 5.91 Å². The second-order valence-corrected chi connectivity index (χ2v) is 5.02. The van der Waals surface area contributed by atoms with Crippen molar-refractivity contribution >= 4 is 17.5 Å². The molecule has 3 nitrogen and oxygen atoms in total. The van der Waals surface area contributed by atoms with E-state index in [1.165, 1.54) is 18.2 Å². The molecule has 2 aromatic carbocycles. The van der Waals surface area contributed by atoms with Gasteiger partial charge in [-0.25, -0.2) is 4.39 Å². The molecule has 1 amide bonds. The van der Waals surface area contributed by atoms with E-state index in [9.17, 15) is 9.18 Å². The number of halogens is 2. The van der Waals surface area contributed by atoms with Crippen molar-refractivity contribution in [2.45, 2.75) is 13.0 Å². The average molecular weight is 308 g/mol. The highest BCUT2D eigenvalue weighted by Gasteiger charge is 2.10. The quantitative estimate of drug-likeness (QED) is 0.914. The minimum atomic E-state index is -0.401. The topological polar surface area (TPSA) is 38.3 Å². The molecular formula is C16H15ClFNO2. The first kappa shape index (κ1) is 15.3. The minimum absolute atomic E-state index is 0.161. The highest BCUT2D eigenvalue weighted by atomic mass is 35.5. The predicted octanol–water partition coefficient (Wildman–Crippen LogP) is 3.74. The van der Waals surface area contributed by atoms with Crippen molar-refractivity contribution < 1.29 is 13.9 Å². The maximum absolute atomic E-state index is 13.0. The Labute approximate surface area is 127 Å². The van der Waals surface area contributed by atoms with Crippen LogP contribution in [0.3, 0.4) is 0 Å². The van der Waals surface area contributed by atoms with Crippen LogP contribution in [0.4, 0.5) is 4.39 Å². The first-order chi connectivity index (χ1) is 10.0. The van der Waals surface area contributed by atoms with Crippen LogP contribution < -0.4 is 10.1 Å². The number of hydrogen-bond acceptors (Lipinski definition) is 2. The molecule has 21 heavy (non-hydrogen) atoms. The fourth-order valence-electron chi connectivity index (χ4n) is 1.82. The number of hydrogen-bond donors (Lipinski definition) is 1. The van der Waals surface area contributed by atoms with Gasteiger partial charge in [0.2, 0.25) is 0 Å². The fourth-order valence-corrected chi connectivity index (χ4v) is 1.95. The Morgan fingerprint density at radius 1 is 1.29 bits per heavy atom. The lowest BCUT2D eigenvalue weighted by molar-refractivity contribution is -0.123. The number of carbonyl (C=O) groups excluding carboxylic acids is 1. The Hall–Kier alpha value is -2.07. The van der Waals surface area contributed by atoms with Crippen LogP contribution in [-0.4, -0.2) is 12.5 Å². The lowest BCUT2D eigenvalue weighted by atomic mass is 10.1. The van der Waals surface area contributed by atoms with E-state index in [2.05, 4.69) is 5.32 Å². The molecule has 0 heterocycles. The summed E-state index contributed by atoms with van der Waals surface area (Å²) < 4.78 is 18.2.